The van der Waals surface area contributed by atoms with Gasteiger partial charge in [-0.25, -0.2) is 0 Å². The van der Waals surface area contributed by atoms with E-state index in [9.17, 15) is 14.4 Å². The minimum absolute atomic E-state index is 0.00491. The highest BCUT2D eigenvalue weighted by Gasteiger charge is 2.49. The van der Waals surface area contributed by atoms with Gasteiger partial charge < -0.3 is 15.5 Å². The van der Waals surface area contributed by atoms with Gasteiger partial charge in [-0.15, -0.1) is 0 Å². The lowest BCUT2D eigenvalue weighted by Gasteiger charge is -2.41. The number of carbonyl (C=O) groups excluding carboxylic acids is 3. The summed E-state index contributed by atoms with van der Waals surface area (Å²) < 4.78 is 0. The first-order chi connectivity index (χ1) is 15.2. The molecule has 2 aliphatic rings. The lowest BCUT2D eigenvalue weighted by Crippen LogP contribution is -2.64. The van der Waals surface area contributed by atoms with Crippen molar-refractivity contribution in [3.8, 4) is 0 Å². The van der Waals surface area contributed by atoms with Crippen LogP contribution >= 0.6 is 0 Å². The molecule has 4 rings (SSSR count). The summed E-state index contributed by atoms with van der Waals surface area (Å²) in [5.74, 6) is -0.545. The maximum absolute atomic E-state index is 13.9. The standard InChI is InChI=1S/C25H30N4O3/c1-24(2,3)17-8-10-18(11-9-17)25(19-6-4-12-26-14-19,23(32)29-15-20(30)16-29)28-22(31)21-7-5-13-27-21/h4,6,8-12,14,21,27H,5,7,13,15-16H2,1-3H3,(H,28,31). The number of hydrogen-bond acceptors (Lipinski definition) is 5. The molecule has 2 aromatic rings. The molecule has 2 saturated heterocycles. The Hall–Kier alpha value is -3.06. The van der Waals surface area contributed by atoms with Crippen molar-refractivity contribution < 1.29 is 14.4 Å². The van der Waals surface area contributed by atoms with Gasteiger partial charge in [0.1, 0.15) is 0 Å². The van der Waals surface area contributed by atoms with Crippen LogP contribution in [0.2, 0.25) is 0 Å². The van der Waals surface area contributed by atoms with Gasteiger partial charge in [0, 0.05) is 18.0 Å². The second-order valence-corrected chi connectivity index (χ2v) is 9.66. The summed E-state index contributed by atoms with van der Waals surface area (Å²) in [7, 11) is 0. The van der Waals surface area contributed by atoms with Crippen molar-refractivity contribution >= 4 is 17.6 Å². The first-order valence-electron chi connectivity index (χ1n) is 11.1. The number of carbonyl (C=O) groups is 3. The predicted octanol–water partition coefficient (Wildman–Crippen LogP) is 1.90. The number of hydrogen-bond donors (Lipinski definition) is 2. The lowest BCUT2D eigenvalue weighted by atomic mass is 9.79. The highest BCUT2D eigenvalue weighted by molar-refractivity contribution is 6.03. The smallest absolute Gasteiger partial charge is 0.258 e. The first kappa shape index (κ1) is 22.1. The highest BCUT2D eigenvalue weighted by Crippen LogP contribution is 2.35. The van der Waals surface area contributed by atoms with Crippen molar-refractivity contribution in [2.45, 2.75) is 50.6 Å². The second-order valence-electron chi connectivity index (χ2n) is 9.66. The Balaban J connectivity index is 1.84. The second kappa shape index (κ2) is 8.47. The summed E-state index contributed by atoms with van der Waals surface area (Å²) in [5, 5.41) is 6.29. The van der Waals surface area contributed by atoms with E-state index in [1.165, 1.54) is 4.90 Å². The zero-order valence-electron chi connectivity index (χ0n) is 18.9. The Labute approximate surface area is 188 Å². The molecule has 32 heavy (non-hydrogen) atoms. The molecule has 0 aliphatic carbocycles. The third kappa shape index (κ3) is 4.05. The Bertz CT molecular complexity index is 1000. The van der Waals surface area contributed by atoms with Gasteiger partial charge >= 0.3 is 0 Å². The average Bonchev–Trinajstić information content (AvgIpc) is 3.30. The van der Waals surface area contributed by atoms with Gasteiger partial charge in [0.05, 0.1) is 19.1 Å². The van der Waals surface area contributed by atoms with E-state index < -0.39 is 5.54 Å². The number of amides is 2. The maximum atomic E-state index is 13.9. The Morgan fingerprint density at radius 1 is 1.06 bits per heavy atom. The van der Waals surface area contributed by atoms with Crippen molar-refractivity contribution in [1.82, 2.24) is 20.5 Å². The number of likely N-dealkylation sites (tertiary alicyclic amines) is 1. The van der Waals surface area contributed by atoms with Crippen LogP contribution in [0.3, 0.4) is 0 Å². The van der Waals surface area contributed by atoms with Gasteiger partial charge in [0.25, 0.3) is 5.91 Å². The molecule has 168 valence electrons. The minimum Gasteiger partial charge on any atom is -0.333 e. The number of nitrogens with zero attached hydrogens (tertiary/aromatic N) is 2. The number of nitrogens with one attached hydrogen (secondary N) is 2. The predicted molar refractivity (Wildman–Crippen MR) is 121 cm³/mol. The van der Waals surface area contributed by atoms with Gasteiger partial charge in [0.15, 0.2) is 11.3 Å². The van der Waals surface area contributed by atoms with E-state index in [4.69, 9.17) is 0 Å². The van der Waals surface area contributed by atoms with Crippen molar-refractivity contribution in [3.63, 3.8) is 0 Å². The Morgan fingerprint density at radius 3 is 2.28 bits per heavy atom. The molecule has 1 aromatic carbocycles. The van der Waals surface area contributed by atoms with Crippen LogP contribution in [-0.2, 0) is 25.3 Å². The summed E-state index contributed by atoms with van der Waals surface area (Å²) in [6.45, 7) is 7.26. The molecule has 2 atom stereocenters. The van der Waals surface area contributed by atoms with E-state index >= 15 is 0 Å². The van der Waals surface area contributed by atoms with Crippen LogP contribution in [0.1, 0.15) is 50.3 Å². The summed E-state index contributed by atoms with van der Waals surface area (Å²) in [6.07, 6.45) is 4.87. The van der Waals surface area contributed by atoms with Gasteiger partial charge in [-0.05, 0) is 42.0 Å². The average molecular weight is 435 g/mol. The number of aromatic nitrogens is 1. The zero-order chi connectivity index (χ0) is 22.9. The molecule has 0 radical (unpaired) electrons. The molecule has 1 aromatic heterocycles. The highest BCUT2D eigenvalue weighted by atomic mass is 16.2. The largest absolute Gasteiger partial charge is 0.333 e. The fourth-order valence-corrected chi connectivity index (χ4v) is 4.36. The first-order valence-corrected chi connectivity index (χ1v) is 11.1. The van der Waals surface area contributed by atoms with Gasteiger partial charge in [-0.1, -0.05) is 51.1 Å². The number of benzene rings is 1. The lowest BCUT2D eigenvalue weighted by molar-refractivity contribution is -0.150. The van der Waals surface area contributed by atoms with E-state index in [-0.39, 0.29) is 42.1 Å². The molecule has 2 aliphatic heterocycles. The van der Waals surface area contributed by atoms with E-state index in [1.807, 2.05) is 24.3 Å². The Kier molecular flexibility index (Phi) is 5.86. The summed E-state index contributed by atoms with van der Waals surface area (Å²) in [6, 6.07) is 11.0. The molecule has 0 saturated carbocycles. The fourth-order valence-electron chi connectivity index (χ4n) is 4.36. The van der Waals surface area contributed by atoms with Crippen molar-refractivity contribution in [3.05, 3.63) is 65.5 Å². The number of rotatable bonds is 5. The molecule has 0 spiro atoms. The van der Waals surface area contributed by atoms with E-state index in [2.05, 4.69) is 36.4 Å². The van der Waals surface area contributed by atoms with Crippen LogP contribution in [0.15, 0.2) is 48.8 Å². The van der Waals surface area contributed by atoms with Crippen LogP contribution in [0, 0.1) is 0 Å². The molecule has 2 fully saturated rings. The third-order valence-electron chi connectivity index (χ3n) is 6.31. The molecule has 2 N–H and O–H groups in total. The topological polar surface area (TPSA) is 91.4 Å². The van der Waals surface area contributed by atoms with E-state index in [1.54, 1.807) is 24.5 Å². The number of pyridine rings is 1. The minimum atomic E-state index is -1.47. The van der Waals surface area contributed by atoms with Crippen molar-refractivity contribution in [2.24, 2.45) is 0 Å². The van der Waals surface area contributed by atoms with Crippen molar-refractivity contribution in [2.75, 3.05) is 19.6 Å². The number of Topliss-reactive ketones (excluding diaryl/α,β-unsaturated/α-hetero) is 1. The summed E-state index contributed by atoms with van der Waals surface area (Å²) in [4.78, 5) is 44.7. The summed E-state index contributed by atoms with van der Waals surface area (Å²) in [5.41, 5.74) is 0.817. The van der Waals surface area contributed by atoms with Crippen LogP contribution < -0.4 is 10.6 Å². The van der Waals surface area contributed by atoms with Crippen LogP contribution in [0.25, 0.3) is 0 Å². The third-order valence-corrected chi connectivity index (χ3v) is 6.31. The number of ketones is 1. The van der Waals surface area contributed by atoms with Crippen LogP contribution in [0.4, 0.5) is 0 Å². The quantitative estimate of drug-likeness (QED) is 0.750. The molecular formula is C25H30N4O3. The van der Waals surface area contributed by atoms with Gasteiger partial charge in [-0.3, -0.25) is 19.4 Å². The van der Waals surface area contributed by atoms with Crippen LogP contribution in [-0.4, -0.2) is 53.2 Å². The fraction of sp³-hybridized carbons (Fsp3) is 0.440. The molecule has 3 heterocycles. The van der Waals surface area contributed by atoms with Crippen LogP contribution in [0.5, 0.6) is 0 Å². The molecule has 7 heteroatoms. The molecule has 7 nitrogen and oxygen atoms in total. The Morgan fingerprint density at radius 2 is 1.75 bits per heavy atom. The molecule has 2 unspecified atom stereocenters. The molecule has 0 bridgehead atoms. The van der Waals surface area contributed by atoms with Gasteiger partial charge in [0.2, 0.25) is 5.91 Å². The normalized spacial score (nSPS) is 20.4. The molecule has 2 amide bonds. The van der Waals surface area contributed by atoms with Gasteiger partial charge in [-0.2, -0.15) is 0 Å². The monoisotopic (exact) mass is 434 g/mol. The maximum Gasteiger partial charge on any atom is 0.258 e. The van der Waals surface area contributed by atoms with E-state index in [0.717, 1.165) is 18.5 Å². The molecular weight excluding hydrogens is 404 g/mol. The van der Waals surface area contributed by atoms with E-state index in [0.29, 0.717) is 17.5 Å². The SMILES string of the molecule is CC(C)(C)c1ccc(C(NC(=O)C2CCCN2)(C(=O)N2CC(=O)C2)c2cccnc2)cc1. The summed E-state index contributed by atoms with van der Waals surface area (Å²) >= 11 is 0. The van der Waals surface area contributed by atoms with Crippen molar-refractivity contribution in [1.29, 1.82) is 0 Å². The zero-order valence-corrected chi connectivity index (χ0v) is 18.9.